The Kier molecular flexibility index (Phi) is 6.45. The van der Waals surface area contributed by atoms with Crippen LogP contribution in [0.3, 0.4) is 0 Å². The first-order chi connectivity index (χ1) is 5.54. The minimum absolute atomic E-state index is 0.414. The van der Waals surface area contributed by atoms with Crippen LogP contribution in [0.4, 0.5) is 0 Å². The number of rotatable bonds is 6. The van der Waals surface area contributed by atoms with E-state index in [0.717, 1.165) is 12.5 Å². The maximum Gasteiger partial charge on any atom is 0.0569 e. The molecular weight excluding hydrogens is 148 g/mol. The average molecular weight is 172 g/mol. The van der Waals surface area contributed by atoms with Gasteiger partial charge >= 0.3 is 0 Å². The van der Waals surface area contributed by atoms with E-state index in [1.807, 2.05) is 0 Å². The lowest BCUT2D eigenvalue weighted by atomic mass is 10.1. The van der Waals surface area contributed by atoms with E-state index in [1.54, 1.807) is 0 Å². The SMILES string of the molecule is CC(C)CCCOC(C)C(C)C. The summed E-state index contributed by atoms with van der Waals surface area (Å²) in [7, 11) is 0. The van der Waals surface area contributed by atoms with Crippen molar-refractivity contribution in [3.63, 3.8) is 0 Å². The molecule has 1 unspecified atom stereocenters. The molecule has 0 spiro atoms. The van der Waals surface area contributed by atoms with Gasteiger partial charge in [-0.1, -0.05) is 27.7 Å². The van der Waals surface area contributed by atoms with Crippen LogP contribution in [-0.4, -0.2) is 12.7 Å². The van der Waals surface area contributed by atoms with Crippen molar-refractivity contribution in [2.45, 2.75) is 53.6 Å². The molecule has 0 aliphatic rings. The summed E-state index contributed by atoms with van der Waals surface area (Å²) in [5, 5.41) is 0. The highest BCUT2D eigenvalue weighted by Crippen LogP contribution is 2.08. The summed E-state index contributed by atoms with van der Waals surface area (Å²) < 4.78 is 5.65. The molecule has 0 heterocycles. The Bertz CT molecular complexity index is 97.2. The van der Waals surface area contributed by atoms with Crippen LogP contribution >= 0.6 is 0 Å². The van der Waals surface area contributed by atoms with Crippen molar-refractivity contribution in [3.8, 4) is 0 Å². The summed E-state index contributed by atoms with van der Waals surface area (Å²) in [5.41, 5.74) is 0. The summed E-state index contributed by atoms with van der Waals surface area (Å²) in [6.45, 7) is 12.0. The highest BCUT2D eigenvalue weighted by atomic mass is 16.5. The van der Waals surface area contributed by atoms with Gasteiger partial charge in [-0.2, -0.15) is 0 Å². The van der Waals surface area contributed by atoms with Gasteiger partial charge in [-0.3, -0.25) is 0 Å². The first-order valence-corrected chi connectivity index (χ1v) is 5.15. The lowest BCUT2D eigenvalue weighted by molar-refractivity contribution is 0.0322. The quantitative estimate of drug-likeness (QED) is 0.557. The molecule has 1 nitrogen and oxygen atoms in total. The second-order valence-corrected chi connectivity index (χ2v) is 4.36. The highest BCUT2D eigenvalue weighted by molar-refractivity contribution is 4.54. The lowest BCUT2D eigenvalue weighted by Gasteiger charge is -2.16. The van der Waals surface area contributed by atoms with Crippen LogP contribution in [0, 0.1) is 11.8 Å². The fourth-order valence-electron chi connectivity index (χ4n) is 0.953. The third-order valence-electron chi connectivity index (χ3n) is 2.25. The molecule has 12 heavy (non-hydrogen) atoms. The largest absolute Gasteiger partial charge is 0.378 e. The van der Waals surface area contributed by atoms with Crippen molar-refractivity contribution < 1.29 is 4.74 Å². The van der Waals surface area contributed by atoms with Gasteiger partial charge < -0.3 is 4.74 Å². The molecule has 0 saturated carbocycles. The van der Waals surface area contributed by atoms with Gasteiger partial charge in [0.05, 0.1) is 6.10 Å². The summed E-state index contributed by atoms with van der Waals surface area (Å²) in [4.78, 5) is 0. The number of hydrogen-bond donors (Lipinski definition) is 0. The summed E-state index contributed by atoms with van der Waals surface area (Å²) in [6.07, 6.45) is 2.90. The fraction of sp³-hybridized carbons (Fsp3) is 1.00. The molecule has 74 valence electrons. The molecular formula is C11H24O. The first kappa shape index (κ1) is 12.0. The van der Waals surface area contributed by atoms with Crippen molar-refractivity contribution in [2.24, 2.45) is 11.8 Å². The minimum atomic E-state index is 0.414. The Balaban J connectivity index is 3.20. The minimum Gasteiger partial charge on any atom is -0.378 e. The number of ether oxygens (including phenoxy) is 1. The van der Waals surface area contributed by atoms with Crippen molar-refractivity contribution in [1.29, 1.82) is 0 Å². The summed E-state index contributed by atoms with van der Waals surface area (Å²) in [6, 6.07) is 0. The van der Waals surface area contributed by atoms with Crippen molar-refractivity contribution >= 4 is 0 Å². The third-order valence-corrected chi connectivity index (χ3v) is 2.25. The van der Waals surface area contributed by atoms with Gasteiger partial charge in [0, 0.05) is 6.61 Å². The monoisotopic (exact) mass is 172 g/mol. The van der Waals surface area contributed by atoms with Crippen LogP contribution in [-0.2, 0) is 4.74 Å². The predicted molar refractivity (Wildman–Crippen MR) is 54.3 cm³/mol. The maximum absolute atomic E-state index is 5.65. The summed E-state index contributed by atoms with van der Waals surface area (Å²) in [5.74, 6) is 1.45. The zero-order chi connectivity index (χ0) is 9.56. The Morgan fingerprint density at radius 3 is 2.00 bits per heavy atom. The standard InChI is InChI=1S/C11H24O/c1-9(2)7-6-8-12-11(5)10(3)4/h9-11H,6-8H2,1-5H3. The number of hydrogen-bond acceptors (Lipinski definition) is 1. The van der Waals surface area contributed by atoms with Crippen LogP contribution < -0.4 is 0 Å². The Labute approximate surface area is 77.5 Å². The molecule has 0 rings (SSSR count). The molecule has 0 aromatic heterocycles. The zero-order valence-corrected chi connectivity index (χ0v) is 9.26. The predicted octanol–water partition coefficient (Wildman–Crippen LogP) is 3.48. The third kappa shape index (κ3) is 6.66. The van der Waals surface area contributed by atoms with E-state index in [2.05, 4.69) is 34.6 Å². The molecule has 0 saturated heterocycles. The van der Waals surface area contributed by atoms with E-state index in [-0.39, 0.29) is 0 Å². The van der Waals surface area contributed by atoms with Crippen LogP contribution in [0.25, 0.3) is 0 Å². The zero-order valence-electron chi connectivity index (χ0n) is 9.26. The molecule has 0 amide bonds. The van der Waals surface area contributed by atoms with E-state index in [1.165, 1.54) is 12.8 Å². The van der Waals surface area contributed by atoms with Crippen molar-refractivity contribution in [1.82, 2.24) is 0 Å². The van der Waals surface area contributed by atoms with Crippen LogP contribution in [0.5, 0.6) is 0 Å². The Morgan fingerprint density at radius 1 is 1.00 bits per heavy atom. The highest BCUT2D eigenvalue weighted by Gasteiger charge is 2.06. The molecule has 1 heteroatoms. The Morgan fingerprint density at radius 2 is 1.58 bits per heavy atom. The molecule has 0 fully saturated rings. The molecule has 0 aromatic carbocycles. The van der Waals surface area contributed by atoms with Crippen LogP contribution in [0.1, 0.15) is 47.5 Å². The van der Waals surface area contributed by atoms with Gasteiger partial charge in [0.25, 0.3) is 0 Å². The van der Waals surface area contributed by atoms with E-state index < -0.39 is 0 Å². The van der Waals surface area contributed by atoms with E-state index in [0.29, 0.717) is 12.0 Å². The maximum atomic E-state index is 5.65. The smallest absolute Gasteiger partial charge is 0.0569 e. The average Bonchev–Trinajstić information content (AvgIpc) is 1.97. The molecule has 0 aromatic rings. The van der Waals surface area contributed by atoms with Crippen LogP contribution in [0.15, 0.2) is 0 Å². The van der Waals surface area contributed by atoms with Crippen molar-refractivity contribution in [2.75, 3.05) is 6.61 Å². The van der Waals surface area contributed by atoms with Gasteiger partial charge in [-0.05, 0) is 31.6 Å². The van der Waals surface area contributed by atoms with Gasteiger partial charge in [0.2, 0.25) is 0 Å². The molecule has 0 radical (unpaired) electrons. The Hall–Kier alpha value is -0.0400. The lowest BCUT2D eigenvalue weighted by Crippen LogP contribution is -2.16. The second-order valence-electron chi connectivity index (χ2n) is 4.36. The van der Waals surface area contributed by atoms with E-state index in [4.69, 9.17) is 4.74 Å². The normalized spacial score (nSPS) is 14.2. The van der Waals surface area contributed by atoms with Gasteiger partial charge in [0.1, 0.15) is 0 Å². The van der Waals surface area contributed by atoms with Gasteiger partial charge in [-0.25, -0.2) is 0 Å². The van der Waals surface area contributed by atoms with Crippen LogP contribution in [0.2, 0.25) is 0 Å². The fourth-order valence-corrected chi connectivity index (χ4v) is 0.953. The molecule has 0 N–H and O–H groups in total. The van der Waals surface area contributed by atoms with Crippen molar-refractivity contribution in [3.05, 3.63) is 0 Å². The van der Waals surface area contributed by atoms with Gasteiger partial charge in [-0.15, -0.1) is 0 Å². The van der Waals surface area contributed by atoms with Gasteiger partial charge in [0.15, 0.2) is 0 Å². The summed E-state index contributed by atoms with van der Waals surface area (Å²) >= 11 is 0. The van der Waals surface area contributed by atoms with E-state index in [9.17, 15) is 0 Å². The first-order valence-electron chi connectivity index (χ1n) is 5.15. The molecule has 0 aliphatic carbocycles. The molecule has 1 atom stereocenters. The molecule has 0 bridgehead atoms. The molecule has 0 aliphatic heterocycles. The second kappa shape index (κ2) is 6.47. The van der Waals surface area contributed by atoms with E-state index >= 15 is 0 Å². The topological polar surface area (TPSA) is 9.23 Å².